The van der Waals surface area contributed by atoms with Crippen LogP contribution in [0.15, 0.2) is 35.3 Å². The Bertz CT molecular complexity index is 917. The van der Waals surface area contributed by atoms with E-state index >= 15 is 0 Å². The highest BCUT2D eigenvalue weighted by Crippen LogP contribution is 2.27. The monoisotopic (exact) mass is 373 g/mol. The molecule has 0 bridgehead atoms. The number of carbonyl (C=O) groups excluding carboxylic acids is 2. The minimum Gasteiger partial charge on any atom is -0.465 e. The number of aliphatic hydroxyl groups excluding tert-OH is 2. The van der Waals surface area contributed by atoms with E-state index in [-0.39, 0.29) is 24.8 Å². The molecule has 0 aliphatic carbocycles. The molecule has 0 amide bonds. The van der Waals surface area contributed by atoms with Gasteiger partial charge in [0.05, 0.1) is 25.9 Å². The van der Waals surface area contributed by atoms with Crippen LogP contribution in [0, 0.1) is 5.92 Å². The van der Waals surface area contributed by atoms with Crippen LogP contribution in [0.4, 0.5) is 0 Å². The van der Waals surface area contributed by atoms with Crippen LogP contribution in [0.3, 0.4) is 0 Å². The van der Waals surface area contributed by atoms with Gasteiger partial charge in [-0.1, -0.05) is 0 Å². The number of pyridine rings is 1. The van der Waals surface area contributed by atoms with Crippen LogP contribution in [0.25, 0.3) is 17.1 Å². The van der Waals surface area contributed by atoms with Gasteiger partial charge in [-0.25, -0.2) is 4.98 Å². The summed E-state index contributed by atoms with van der Waals surface area (Å²) in [7, 11) is 0. The standard InChI is InChI=1S/C18H19N3O6/c1-2-26-18(25)14-15(24)13(27-17(14)21-8-11(23)9-22)6-10-7-20-16-12(10)4-3-5-19-16/h3-7,11,14,22-23H,2,8-9H2,1H3,(H,19,20)/b13-6-,21-17?. The average molecular weight is 373 g/mol. The quantitative estimate of drug-likeness (QED) is 0.380. The first-order chi connectivity index (χ1) is 13.0. The molecule has 1 saturated heterocycles. The molecule has 0 aromatic carbocycles. The predicted octanol–water partition coefficient (Wildman–Crippen LogP) is 0.434. The van der Waals surface area contributed by atoms with E-state index in [1.54, 1.807) is 25.4 Å². The van der Waals surface area contributed by atoms with Crippen LogP contribution in [-0.2, 0) is 19.1 Å². The van der Waals surface area contributed by atoms with Crippen molar-refractivity contribution in [2.75, 3.05) is 19.8 Å². The smallest absolute Gasteiger partial charge is 0.326 e. The van der Waals surface area contributed by atoms with Crippen molar-refractivity contribution in [2.24, 2.45) is 10.9 Å². The van der Waals surface area contributed by atoms with E-state index in [1.807, 2.05) is 6.07 Å². The Hall–Kier alpha value is -3.04. The molecule has 1 aliphatic heterocycles. The Morgan fingerprint density at radius 1 is 1.56 bits per heavy atom. The van der Waals surface area contributed by atoms with E-state index in [4.69, 9.17) is 14.6 Å². The third-order valence-electron chi connectivity index (χ3n) is 3.93. The maximum Gasteiger partial charge on any atom is 0.326 e. The van der Waals surface area contributed by atoms with Gasteiger partial charge in [0.1, 0.15) is 5.65 Å². The van der Waals surface area contributed by atoms with Gasteiger partial charge in [-0.15, -0.1) is 0 Å². The number of rotatable bonds is 6. The maximum atomic E-state index is 12.7. The number of esters is 1. The lowest BCUT2D eigenvalue weighted by Gasteiger charge is -2.07. The van der Waals surface area contributed by atoms with Crippen LogP contribution in [0.2, 0.25) is 0 Å². The van der Waals surface area contributed by atoms with Crippen molar-refractivity contribution in [3.63, 3.8) is 0 Å². The van der Waals surface area contributed by atoms with Gasteiger partial charge in [-0.3, -0.25) is 14.6 Å². The number of nitrogens with one attached hydrogen (secondary N) is 1. The number of nitrogens with zero attached hydrogens (tertiary/aromatic N) is 2. The molecular weight excluding hydrogens is 354 g/mol. The molecule has 2 unspecified atom stereocenters. The topological polar surface area (TPSA) is 134 Å². The van der Waals surface area contributed by atoms with Crippen molar-refractivity contribution < 1.29 is 29.3 Å². The molecule has 2 aromatic rings. The molecule has 3 rings (SSSR count). The van der Waals surface area contributed by atoms with E-state index in [9.17, 15) is 14.7 Å². The summed E-state index contributed by atoms with van der Waals surface area (Å²) in [6.07, 6.45) is 3.69. The van der Waals surface area contributed by atoms with Gasteiger partial charge in [0, 0.05) is 23.3 Å². The van der Waals surface area contributed by atoms with E-state index < -0.39 is 30.4 Å². The van der Waals surface area contributed by atoms with E-state index in [2.05, 4.69) is 15.0 Å². The van der Waals surface area contributed by atoms with Crippen LogP contribution in [0.1, 0.15) is 12.5 Å². The zero-order valence-electron chi connectivity index (χ0n) is 14.6. The molecule has 9 nitrogen and oxygen atoms in total. The molecule has 0 saturated carbocycles. The number of ether oxygens (including phenoxy) is 2. The van der Waals surface area contributed by atoms with Gasteiger partial charge in [0.25, 0.3) is 0 Å². The van der Waals surface area contributed by atoms with Crippen molar-refractivity contribution >= 4 is 34.8 Å². The lowest BCUT2D eigenvalue weighted by atomic mass is 10.0. The second-order valence-corrected chi connectivity index (χ2v) is 5.82. The van der Waals surface area contributed by atoms with Crippen LogP contribution < -0.4 is 0 Å². The number of fused-ring (bicyclic) bond motifs is 1. The molecule has 3 N–H and O–H groups in total. The normalized spacial score (nSPS) is 21.0. The lowest BCUT2D eigenvalue weighted by Crippen LogP contribution is -2.28. The molecule has 2 aromatic heterocycles. The summed E-state index contributed by atoms with van der Waals surface area (Å²) in [5, 5.41) is 19.2. The second-order valence-electron chi connectivity index (χ2n) is 5.82. The minimum atomic E-state index is -1.33. The second kappa shape index (κ2) is 8.11. The first-order valence-electron chi connectivity index (χ1n) is 8.41. The first kappa shape index (κ1) is 18.7. The van der Waals surface area contributed by atoms with Gasteiger partial charge in [0.15, 0.2) is 11.7 Å². The zero-order chi connectivity index (χ0) is 19.4. The fraction of sp³-hybridized carbons (Fsp3) is 0.333. The summed E-state index contributed by atoms with van der Waals surface area (Å²) in [5.74, 6) is -2.90. The van der Waals surface area contributed by atoms with Crippen LogP contribution in [-0.4, -0.2) is 63.7 Å². The average Bonchev–Trinajstić information content (AvgIpc) is 3.21. The molecule has 2 atom stereocenters. The number of aromatic amines is 1. The first-order valence-corrected chi connectivity index (χ1v) is 8.41. The number of hydrogen-bond acceptors (Lipinski definition) is 8. The summed E-state index contributed by atoms with van der Waals surface area (Å²) >= 11 is 0. The van der Waals surface area contributed by atoms with Crippen molar-refractivity contribution in [2.45, 2.75) is 13.0 Å². The molecule has 3 heterocycles. The Labute approximate surface area is 154 Å². The predicted molar refractivity (Wildman–Crippen MR) is 95.7 cm³/mol. The Kier molecular flexibility index (Phi) is 5.63. The summed E-state index contributed by atoms with van der Waals surface area (Å²) in [5.41, 5.74) is 1.32. The molecular formula is C18H19N3O6. The molecule has 0 radical (unpaired) electrons. The van der Waals surface area contributed by atoms with E-state index in [1.165, 1.54) is 6.08 Å². The molecule has 27 heavy (non-hydrogen) atoms. The number of aromatic nitrogens is 2. The number of aliphatic hydroxyl groups is 2. The molecule has 142 valence electrons. The third-order valence-corrected chi connectivity index (χ3v) is 3.93. The summed E-state index contributed by atoms with van der Waals surface area (Å²) in [6.45, 7) is 1.02. The number of H-pyrrole nitrogens is 1. The zero-order valence-corrected chi connectivity index (χ0v) is 14.6. The van der Waals surface area contributed by atoms with Crippen molar-refractivity contribution in [3.8, 4) is 0 Å². The van der Waals surface area contributed by atoms with Crippen molar-refractivity contribution in [1.82, 2.24) is 9.97 Å². The number of ketones is 1. The van der Waals surface area contributed by atoms with Crippen molar-refractivity contribution in [3.05, 3.63) is 35.8 Å². The summed E-state index contributed by atoms with van der Waals surface area (Å²) < 4.78 is 10.4. The number of Topliss-reactive ketones (excluding diaryl/α,β-unsaturated/α-hetero) is 1. The molecule has 0 spiro atoms. The number of allylic oxidation sites excluding steroid dienone is 1. The van der Waals surface area contributed by atoms with Crippen LogP contribution >= 0.6 is 0 Å². The highest BCUT2D eigenvalue weighted by Gasteiger charge is 2.44. The largest absolute Gasteiger partial charge is 0.465 e. The van der Waals surface area contributed by atoms with Gasteiger partial charge < -0.3 is 24.7 Å². The number of carbonyl (C=O) groups is 2. The van der Waals surface area contributed by atoms with E-state index in [0.717, 1.165) is 5.39 Å². The van der Waals surface area contributed by atoms with Gasteiger partial charge >= 0.3 is 5.97 Å². The summed E-state index contributed by atoms with van der Waals surface area (Å²) in [4.78, 5) is 36.0. The molecule has 1 aliphatic rings. The molecule has 1 fully saturated rings. The van der Waals surface area contributed by atoms with Gasteiger partial charge in [-0.05, 0) is 25.1 Å². The fourth-order valence-electron chi connectivity index (χ4n) is 2.62. The number of hydrogen-bond donors (Lipinski definition) is 3. The fourth-order valence-corrected chi connectivity index (χ4v) is 2.62. The van der Waals surface area contributed by atoms with Crippen molar-refractivity contribution in [1.29, 1.82) is 0 Å². The van der Waals surface area contributed by atoms with Gasteiger partial charge in [-0.2, -0.15) is 0 Å². The Morgan fingerprint density at radius 3 is 3.11 bits per heavy atom. The highest BCUT2D eigenvalue weighted by molar-refractivity contribution is 6.27. The highest BCUT2D eigenvalue weighted by atomic mass is 16.5. The maximum absolute atomic E-state index is 12.7. The van der Waals surface area contributed by atoms with Gasteiger partial charge in [0.2, 0.25) is 11.7 Å². The van der Waals surface area contributed by atoms with Crippen LogP contribution in [0.5, 0.6) is 0 Å². The molecule has 9 heteroatoms. The summed E-state index contributed by atoms with van der Waals surface area (Å²) in [6, 6.07) is 3.60. The van der Waals surface area contributed by atoms with E-state index in [0.29, 0.717) is 11.2 Å². The Morgan fingerprint density at radius 2 is 2.37 bits per heavy atom. The minimum absolute atomic E-state index is 0.0601. The SMILES string of the molecule is CCOC(=O)C1C(=O)/C(=C/c2c[nH]c3ncccc23)OC1=NCC(O)CO. The third kappa shape index (κ3) is 3.88. The lowest BCUT2D eigenvalue weighted by molar-refractivity contribution is -0.147. The Balaban J connectivity index is 1.94. The number of aliphatic imine (C=N–C) groups is 1.